The average Bonchev–Trinajstić information content (AvgIpc) is 3.31. The lowest BCUT2D eigenvalue weighted by Crippen LogP contribution is -2.50. The number of hydrogen-bond acceptors (Lipinski definition) is 4. The van der Waals surface area contributed by atoms with E-state index in [0.717, 1.165) is 24.2 Å². The second-order valence-electron chi connectivity index (χ2n) is 9.42. The number of ether oxygens (including phenoxy) is 1. The van der Waals surface area contributed by atoms with E-state index in [9.17, 15) is 9.59 Å². The van der Waals surface area contributed by atoms with Gasteiger partial charge in [-0.05, 0) is 59.9 Å². The van der Waals surface area contributed by atoms with Gasteiger partial charge in [-0.2, -0.15) is 0 Å². The molecular weight excluding hydrogens is 446 g/mol. The Morgan fingerprint density at radius 1 is 1.18 bits per heavy atom. The van der Waals surface area contributed by atoms with Crippen LogP contribution in [0.2, 0.25) is 0 Å². The molecule has 2 aromatic rings. The maximum atomic E-state index is 13.5. The largest absolute Gasteiger partial charge is 0.491 e. The van der Waals surface area contributed by atoms with E-state index in [2.05, 4.69) is 56.6 Å². The molecule has 7 heteroatoms. The van der Waals surface area contributed by atoms with E-state index in [4.69, 9.17) is 4.74 Å². The molecule has 3 amide bonds. The molecule has 34 heavy (non-hydrogen) atoms. The van der Waals surface area contributed by atoms with Crippen LogP contribution >= 0.6 is 11.3 Å². The highest BCUT2D eigenvalue weighted by Gasteiger charge is 2.33. The minimum Gasteiger partial charge on any atom is -0.491 e. The van der Waals surface area contributed by atoms with Gasteiger partial charge >= 0.3 is 6.03 Å². The molecule has 186 valence electrons. The van der Waals surface area contributed by atoms with Crippen LogP contribution in [-0.4, -0.2) is 54.5 Å². The lowest BCUT2D eigenvalue weighted by Gasteiger charge is -2.37. The maximum Gasteiger partial charge on any atom is 0.317 e. The number of carbonyl (C=O) groups is 2. The van der Waals surface area contributed by atoms with Gasteiger partial charge in [-0.15, -0.1) is 11.3 Å². The Morgan fingerprint density at radius 2 is 1.91 bits per heavy atom. The second-order valence-corrected chi connectivity index (χ2v) is 10.4. The van der Waals surface area contributed by atoms with E-state index in [1.165, 1.54) is 10.4 Å². The van der Waals surface area contributed by atoms with Crippen molar-refractivity contribution in [1.29, 1.82) is 0 Å². The molecular formula is C27H39N3O3S. The van der Waals surface area contributed by atoms with Crippen LogP contribution in [0.3, 0.4) is 0 Å². The summed E-state index contributed by atoms with van der Waals surface area (Å²) in [5, 5.41) is 4.95. The number of benzene rings is 1. The van der Waals surface area contributed by atoms with Crippen molar-refractivity contribution in [2.24, 2.45) is 5.92 Å². The molecule has 0 unspecified atom stereocenters. The highest BCUT2D eigenvalue weighted by Crippen LogP contribution is 2.34. The number of carbonyl (C=O) groups excluding carboxylic acids is 2. The van der Waals surface area contributed by atoms with Crippen LogP contribution in [0.4, 0.5) is 4.79 Å². The number of nitrogens with zero attached hydrogens (tertiary/aromatic N) is 2. The lowest BCUT2D eigenvalue weighted by molar-refractivity contribution is -0.135. The Balaban J connectivity index is 1.75. The quantitative estimate of drug-likeness (QED) is 0.486. The lowest BCUT2D eigenvalue weighted by atomic mass is 10.00. The Kier molecular flexibility index (Phi) is 9.39. The van der Waals surface area contributed by atoms with Gasteiger partial charge in [0, 0.05) is 24.5 Å². The zero-order chi connectivity index (χ0) is 24.7. The molecule has 1 N–H and O–H groups in total. The van der Waals surface area contributed by atoms with Crippen molar-refractivity contribution in [3.8, 4) is 5.75 Å². The van der Waals surface area contributed by atoms with Crippen molar-refractivity contribution < 1.29 is 14.3 Å². The molecule has 2 atom stereocenters. The van der Waals surface area contributed by atoms with Crippen molar-refractivity contribution in [2.45, 2.75) is 59.4 Å². The van der Waals surface area contributed by atoms with Gasteiger partial charge in [0.05, 0.1) is 6.04 Å². The number of hydrogen-bond donors (Lipinski definition) is 1. The maximum absolute atomic E-state index is 13.5. The third-order valence-corrected chi connectivity index (χ3v) is 7.54. The molecule has 3 rings (SSSR count). The summed E-state index contributed by atoms with van der Waals surface area (Å²) in [6.07, 6.45) is 1.79. The Bertz CT molecular complexity index is 941. The summed E-state index contributed by atoms with van der Waals surface area (Å²) in [6, 6.07) is 9.96. The third-order valence-electron chi connectivity index (χ3n) is 6.54. The molecule has 0 spiro atoms. The molecule has 0 aliphatic carbocycles. The zero-order valence-electron chi connectivity index (χ0n) is 21.2. The van der Waals surface area contributed by atoms with Gasteiger partial charge in [-0.1, -0.05) is 46.2 Å². The molecule has 2 heterocycles. The van der Waals surface area contributed by atoms with Crippen molar-refractivity contribution in [3.63, 3.8) is 0 Å². The van der Waals surface area contributed by atoms with Gasteiger partial charge in [-0.25, -0.2) is 4.79 Å². The van der Waals surface area contributed by atoms with Crippen LogP contribution < -0.4 is 10.1 Å². The van der Waals surface area contributed by atoms with Crippen LogP contribution in [0.25, 0.3) is 0 Å². The smallest absolute Gasteiger partial charge is 0.317 e. The first-order valence-corrected chi connectivity index (χ1v) is 13.3. The van der Waals surface area contributed by atoms with Gasteiger partial charge in [0.25, 0.3) is 0 Å². The number of urea groups is 1. The van der Waals surface area contributed by atoms with Crippen LogP contribution in [0.15, 0.2) is 35.7 Å². The molecule has 1 aromatic carbocycles. The fourth-order valence-electron chi connectivity index (χ4n) is 4.24. The molecule has 0 saturated carbocycles. The van der Waals surface area contributed by atoms with Gasteiger partial charge in [-0.3, -0.25) is 4.79 Å². The van der Waals surface area contributed by atoms with E-state index in [0.29, 0.717) is 38.1 Å². The molecule has 0 saturated heterocycles. The molecule has 0 radical (unpaired) electrons. The molecule has 6 nitrogen and oxygen atoms in total. The Hall–Kier alpha value is -2.54. The predicted octanol–water partition coefficient (Wildman–Crippen LogP) is 5.45. The van der Waals surface area contributed by atoms with Crippen molar-refractivity contribution in [2.75, 3.05) is 32.8 Å². The number of rotatable bonds is 10. The van der Waals surface area contributed by atoms with Crippen LogP contribution in [-0.2, 0) is 11.2 Å². The normalized spacial score (nSPS) is 16.2. The van der Waals surface area contributed by atoms with Gasteiger partial charge < -0.3 is 19.9 Å². The number of thiophene rings is 1. The van der Waals surface area contributed by atoms with E-state index in [1.54, 1.807) is 16.2 Å². The molecule has 1 aliphatic heterocycles. The molecule has 0 fully saturated rings. The average molecular weight is 486 g/mol. The van der Waals surface area contributed by atoms with Crippen LogP contribution in [0.5, 0.6) is 5.75 Å². The number of fused-ring (bicyclic) bond motifs is 1. The zero-order valence-corrected chi connectivity index (χ0v) is 22.0. The first-order chi connectivity index (χ1) is 16.3. The standard InChI is InChI=1S/C27H39N3O3S/c1-6-20(5)16-29(27(32)28-7-2)17-26(31)30-14-12-25-23(13-15-34-25)24(30)18-33-22-10-8-21(9-11-22)19(3)4/h8-11,13,15,19-20,24H,6-7,12,14,16-18H2,1-5H3,(H,28,32)/t20-,24-/m1/s1. The van der Waals surface area contributed by atoms with Crippen molar-refractivity contribution in [3.05, 3.63) is 51.7 Å². The SMILES string of the molecule is CCNC(=O)N(CC(=O)N1CCc2sccc2[C@H]1COc1ccc(C(C)C)cc1)C[C@H](C)CC. The number of amides is 3. The summed E-state index contributed by atoms with van der Waals surface area (Å²) < 4.78 is 6.18. The van der Waals surface area contributed by atoms with Crippen molar-refractivity contribution >= 4 is 23.3 Å². The summed E-state index contributed by atoms with van der Waals surface area (Å²) in [5.41, 5.74) is 2.43. The molecule has 0 bridgehead atoms. The first kappa shape index (κ1) is 26.1. The minimum absolute atomic E-state index is 0.0323. The van der Waals surface area contributed by atoms with E-state index >= 15 is 0 Å². The van der Waals surface area contributed by atoms with Gasteiger partial charge in [0.15, 0.2) is 0 Å². The van der Waals surface area contributed by atoms with Crippen molar-refractivity contribution in [1.82, 2.24) is 15.1 Å². The van der Waals surface area contributed by atoms with Gasteiger partial charge in [0.1, 0.15) is 18.9 Å². The Labute approximate surface area is 208 Å². The topological polar surface area (TPSA) is 61.9 Å². The number of nitrogens with one attached hydrogen (secondary N) is 1. The van der Waals surface area contributed by atoms with E-state index in [1.807, 2.05) is 24.0 Å². The summed E-state index contributed by atoms with van der Waals surface area (Å²) in [7, 11) is 0. The summed E-state index contributed by atoms with van der Waals surface area (Å²) in [5.74, 6) is 1.57. The van der Waals surface area contributed by atoms with Gasteiger partial charge in [0.2, 0.25) is 5.91 Å². The van der Waals surface area contributed by atoms with Crippen LogP contribution in [0, 0.1) is 5.92 Å². The van der Waals surface area contributed by atoms with E-state index in [-0.39, 0.29) is 24.5 Å². The van der Waals surface area contributed by atoms with Crippen LogP contribution in [0.1, 0.15) is 69.0 Å². The second kappa shape index (κ2) is 12.2. The summed E-state index contributed by atoms with van der Waals surface area (Å²) >= 11 is 1.74. The fourth-order valence-corrected chi connectivity index (χ4v) is 5.17. The molecule has 1 aliphatic rings. The summed E-state index contributed by atoms with van der Waals surface area (Å²) in [6.45, 7) is 12.7. The fraction of sp³-hybridized carbons (Fsp3) is 0.556. The highest BCUT2D eigenvalue weighted by atomic mass is 32.1. The predicted molar refractivity (Wildman–Crippen MR) is 139 cm³/mol. The Morgan fingerprint density at radius 3 is 2.56 bits per heavy atom. The van der Waals surface area contributed by atoms with E-state index < -0.39 is 0 Å². The third kappa shape index (κ3) is 6.53. The highest BCUT2D eigenvalue weighted by molar-refractivity contribution is 7.10. The first-order valence-electron chi connectivity index (χ1n) is 12.4. The minimum atomic E-state index is -0.178. The summed E-state index contributed by atoms with van der Waals surface area (Å²) in [4.78, 5) is 31.0. The molecule has 1 aromatic heterocycles. The monoisotopic (exact) mass is 485 g/mol.